The van der Waals surface area contributed by atoms with Crippen LogP contribution in [0.1, 0.15) is 25.8 Å². The molecule has 1 rings (SSSR count). The normalized spacial score (nSPS) is 12.5. The Balaban J connectivity index is 2.77. The SMILES string of the molecule is CCCS(=O)(=O)C(C)C(=O)Nc1ccc(C#N)cc1. The molecule has 0 aliphatic rings. The lowest BCUT2D eigenvalue weighted by Gasteiger charge is -2.12. The first-order valence-corrected chi connectivity index (χ1v) is 7.65. The van der Waals surface area contributed by atoms with Crippen LogP contribution in [-0.2, 0) is 14.6 Å². The van der Waals surface area contributed by atoms with Gasteiger partial charge in [-0.2, -0.15) is 5.26 Å². The van der Waals surface area contributed by atoms with Gasteiger partial charge in [-0.1, -0.05) is 6.92 Å². The van der Waals surface area contributed by atoms with Gasteiger partial charge in [-0.25, -0.2) is 8.42 Å². The van der Waals surface area contributed by atoms with Gasteiger partial charge in [-0.05, 0) is 37.6 Å². The average Bonchev–Trinajstić information content (AvgIpc) is 2.38. The fourth-order valence-corrected chi connectivity index (χ4v) is 2.80. The van der Waals surface area contributed by atoms with E-state index in [0.717, 1.165) is 0 Å². The monoisotopic (exact) mass is 280 g/mol. The summed E-state index contributed by atoms with van der Waals surface area (Å²) in [6.07, 6.45) is 0.483. The molecule has 1 aromatic rings. The first kappa shape index (κ1) is 15.2. The van der Waals surface area contributed by atoms with E-state index < -0.39 is 21.0 Å². The maximum Gasteiger partial charge on any atom is 0.242 e. The topological polar surface area (TPSA) is 87.0 Å². The van der Waals surface area contributed by atoms with Crippen LogP contribution in [-0.4, -0.2) is 25.3 Å². The van der Waals surface area contributed by atoms with E-state index in [1.807, 2.05) is 6.07 Å². The van der Waals surface area contributed by atoms with Crippen LogP contribution in [0.3, 0.4) is 0 Å². The predicted octanol–water partition coefficient (Wildman–Crippen LogP) is 1.71. The van der Waals surface area contributed by atoms with Crippen LogP contribution in [0.4, 0.5) is 5.69 Å². The van der Waals surface area contributed by atoms with Gasteiger partial charge in [0.15, 0.2) is 9.84 Å². The van der Waals surface area contributed by atoms with E-state index in [9.17, 15) is 13.2 Å². The highest BCUT2D eigenvalue weighted by molar-refractivity contribution is 7.92. The van der Waals surface area contributed by atoms with Gasteiger partial charge in [-0.3, -0.25) is 4.79 Å². The van der Waals surface area contributed by atoms with Gasteiger partial charge in [0.2, 0.25) is 5.91 Å². The van der Waals surface area contributed by atoms with Crippen LogP contribution in [0.5, 0.6) is 0 Å². The molecular weight excluding hydrogens is 264 g/mol. The predicted molar refractivity (Wildman–Crippen MR) is 73.3 cm³/mol. The first-order valence-electron chi connectivity index (χ1n) is 5.93. The standard InChI is InChI=1S/C13H16N2O3S/c1-3-8-19(17,18)10(2)13(16)15-12-6-4-11(9-14)5-7-12/h4-7,10H,3,8H2,1-2H3,(H,15,16). The van der Waals surface area contributed by atoms with E-state index in [-0.39, 0.29) is 5.75 Å². The lowest BCUT2D eigenvalue weighted by atomic mass is 10.2. The van der Waals surface area contributed by atoms with Crippen molar-refractivity contribution in [2.45, 2.75) is 25.5 Å². The third-order valence-electron chi connectivity index (χ3n) is 2.68. The number of hydrogen-bond acceptors (Lipinski definition) is 4. The average molecular weight is 280 g/mol. The molecule has 0 saturated carbocycles. The molecule has 0 heterocycles. The Kier molecular flexibility index (Phi) is 5.07. The largest absolute Gasteiger partial charge is 0.325 e. The van der Waals surface area contributed by atoms with Crippen molar-refractivity contribution in [3.05, 3.63) is 29.8 Å². The Labute approximate surface area is 113 Å². The number of anilines is 1. The van der Waals surface area contributed by atoms with Crippen LogP contribution in [0.15, 0.2) is 24.3 Å². The zero-order valence-corrected chi connectivity index (χ0v) is 11.7. The second-order valence-electron chi connectivity index (χ2n) is 4.19. The van der Waals surface area contributed by atoms with Gasteiger partial charge < -0.3 is 5.32 Å². The van der Waals surface area contributed by atoms with E-state index in [1.54, 1.807) is 31.2 Å². The molecule has 0 aliphatic carbocycles. The number of hydrogen-bond donors (Lipinski definition) is 1. The zero-order chi connectivity index (χ0) is 14.5. The second-order valence-corrected chi connectivity index (χ2v) is 6.63. The van der Waals surface area contributed by atoms with Crippen LogP contribution in [0.25, 0.3) is 0 Å². The molecule has 0 aliphatic heterocycles. The fourth-order valence-electron chi connectivity index (χ4n) is 1.50. The molecule has 102 valence electrons. The van der Waals surface area contributed by atoms with Gasteiger partial charge in [-0.15, -0.1) is 0 Å². The molecular formula is C13H16N2O3S. The summed E-state index contributed by atoms with van der Waals surface area (Å²) in [5, 5.41) is 10.1. The quantitative estimate of drug-likeness (QED) is 0.889. The minimum Gasteiger partial charge on any atom is -0.325 e. The lowest BCUT2D eigenvalue weighted by Crippen LogP contribution is -2.34. The summed E-state index contributed by atoms with van der Waals surface area (Å²) < 4.78 is 23.5. The Morgan fingerprint density at radius 3 is 2.42 bits per heavy atom. The maximum absolute atomic E-state index is 11.8. The Morgan fingerprint density at radius 2 is 1.95 bits per heavy atom. The number of nitrogens with zero attached hydrogens (tertiary/aromatic N) is 1. The number of benzene rings is 1. The third kappa shape index (κ3) is 4.07. The number of amides is 1. The van der Waals surface area contributed by atoms with Gasteiger partial charge in [0, 0.05) is 5.69 Å². The Bertz CT molecular complexity index is 585. The molecule has 19 heavy (non-hydrogen) atoms. The molecule has 0 spiro atoms. The first-order chi connectivity index (χ1) is 8.90. The van der Waals surface area contributed by atoms with E-state index >= 15 is 0 Å². The molecule has 1 unspecified atom stereocenters. The van der Waals surface area contributed by atoms with E-state index in [4.69, 9.17) is 5.26 Å². The van der Waals surface area contributed by atoms with Crippen molar-refractivity contribution in [3.63, 3.8) is 0 Å². The van der Waals surface area contributed by atoms with Gasteiger partial charge in [0.05, 0.1) is 17.4 Å². The Hall–Kier alpha value is -1.87. The zero-order valence-electron chi connectivity index (χ0n) is 10.9. The summed E-state index contributed by atoms with van der Waals surface area (Å²) in [5.41, 5.74) is 0.951. The highest BCUT2D eigenvalue weighted by atomic mass is 32.2. The summed E-state index contributed by atoms with van der Waals surface area (Å²) in [6.45, 7) is 3.13. The van der Waals surface area contributed by atoms with Crippen molar-refractivity contribution in [2.75, 3.05) is 11.1 Å². The number of carbonyl (C=O) groups is 1. The smallest absolute Gasteiger partial charge is 0.242 e. The minimum atomic E-state index is -3.41. The summed E-state index contributed by atoms with van der Waals surface area (Å²) in [4.78, 5) is 11.8. The molecule has 6 heteroatoms. The molecule has 0 saturated heterocycles. The molecule has 1 amide bonds. The van der Waals surface area contributed by atoms with Crippen LogP contribution in [0, 0.1) is 11.3 Å². The molecule has 1 atom stereocenters. The molecule has 0 aromatic heterocycles. The number of sulfone groups is 1. The van der Waals surface area contributed by atoms with E-state index in [0.29, 0.717) is 17.7 Å². The third-order valence-corrected chi connectivity index (χ3v) is 4.95. The summed E-state index contributed by atoms with van der Waals surface area (Å²) in [5.74, 6) is -0.562. The highest BCUT2D eigenvalue weighted by Gasteiger charge is 2.26. The lowest BCUT2D eigenvalue weighted by molar-refractivity contribution is -0.115. The minimum absolute atomic E-state index is 0.00500. The summed E-state index contributed by atoms with van der Waals surface area (Å²) in [6, 6.07) is 8.21. The van der Waals surface area contributed by atoms with Crippen LogP contribution >= 0.6 is 0 Å². The van der Waals surface area contributed by atoms with Crippen molar-refractivity contribution in [3.8, 4) is 6.07 Å². The van der Waals surface area contributed by atoms with Gasteiger partial charge in [0.1, 0.15) is 5.25 Å². The van der Waals surface area contributed by atoms with E-state index in [1.165, 1.54) is 6.92 Å². The van der Waals surface area contributed by atoms with Crippen molar-refractivity contribution >= 4 is 21.4 Å². The van der Waals surface area contributed by atoms with Gasteiger partial charge in [0.25, 0.3) is 0 Å². The number of rotatable bonds is 5. The maximum atomic E-state index is 11.8. The van der Waals surface area contributed by atoms with Crippen molar-refractivity contribution in [1.82, 2.24) is 0 Å². The number of nitriles is 1. The van der Waals surface area contributed by atoms with Gasteiger partial charge >= 0.3 is 0 Å². The molecule has 5 nitrogen and oxygen atoms in total. The summed E-state index contributed by atoms with van der Waals surface area (Å²) >= 11 is 0. The number of nitrogens with one attached hydrogen (secondary N) is 1. The molecule has 1 aromatic carbocycles. The molecule has 1 N–H and O–H groups in total. The van der Waals surface area contributed by atoms with Crippen molar-refractivity contribution in [1.29, 1.82) is 5.26 Å². The Morgan fingerprint density at radius 1 is 1.37 bits per heavy atom. The number of carbonyl (C=O) groups excluding carboxylic acids is 1. The highest BCUT2D eigenvalue weighted by Crippen LogP contribution is 2.12. The molecule has 0 bridgehead atoms. The fraction of sp³-hybridized carbons (Fsp3) is 0.385. The second kappa shape index (κ2) is 6.34. The summed E-state index contributed by atoms with van der Waals surface area (Å²) in [7, 11) is -3.41. The van der Waals surface area contributed by atoms with Crippen molar-refractivity contribution < 1.29 is 13.2 Å². The van der Waals surface area contributed by atoms with Crippen LogP contribution in [0.2, 0.25) is 0 Å². The van der Waals surface area contributed by atoms with Crippen LogP contribution < -0.4 is 5.32 Å². The van der Waals surface area contributed by atoms with Crippen molar-refractivity contribution in [2.24, 2.45) is 0 Å². The molecule has 0 fully saturated rings. The van der Waals surface area contributed by atoms with E-state index in [2.05, 4.69) is 5.32 Å². The molecule has 0 radical (unpaired) electrons.